The molecule has 2 rings (SSSR count). The minimum Gasteiger partial charge on any atom is -0.496 e. The van der Waals surface area contributed by atoms with Crippen LogP contribution < -0.4 is 4.74 Å². The molecule has 108 valence electrons. The molecule has 0 heterocycles. The van der Waals surface area contributed by atoms with Gasteiger partial charge in [-0.15, -0.1) is 0 Å². The van der Waals surface area contributed by atoms with E-state index in [0.717, 1.165) is 5.56 Å². The summed E-state index contributed by atoms with van der Waals surface area (Å²) in [6, 6.07) is 9.48. The summed E-state index contributed by atoms with van der Waals surface area (Å²) in [6.45, 7) is 1.89. The van der Waals surface area contributed by atoms with Crippen molar-refractivity contribution >= 4 is 11.7 Å². The Hall–Kier alpha value is -2.89. The molecule has 1 N–H and O–H groups in total. The van der Waals surface area contributed by atoms with Crippen molar-refractivity contribution in [3.8, 4) is 16.9 Å². The van der Waals surface area contributed by atoms with E-state index in [1.165, 1.54) is 25.3 Å². The van der Waals surface area contributed by atoms with E-state index in [4.69, 9.17) is 9.84 Å². The van der Waals surface area contributed by atoms with Crippen molar-refractivity contribution in [1.82, 2.24) is 0 Å². The largest absolute Gasteiger partial charge is 0.496 e. The Labute approximate surface area is 120 Å². The third kappa shape index (κ3) is 2.84. The van der Waals surface area contributed by atoms with Crippen LogP contribution in [-0.2, 0) is 0 Å². The second-order valence-corrected chi connectivity index (χ2v) is 4.50. The predicted octanol–water partition coefficient (Wildman–Crippen LogP) is 3.28. The summed E-state index contributed by atoms with van der Waals surface area (Å²) in [4.78, 5) is 21.4. The van der Waals surface area contributed by atoms with Gasteiger partial charge in [-0.3, -0.25) is 10.1 Å². The molecule has 6 nitrogen and oxygen atoms in total. The summed E-state index contributed by atoms with van der Waals surface area (Å²) in [5.74, 6) is -0.762. The number of methoxy groups -OCH3 is 1. The van der Waals surface area contributed by atoms with E-state index in [1.54, 1.807) is 6.07 Å². The first-order valence-corrected chi connectivity index (χ1v) is 6.10. The van der Waals surface area contributed by atoms with Gasteiger partial charge in [-0.2, -0.15) is 0 Å². The number of hydrogen-bond donors (Lipinski definition) is 1. The highest BCUT2D eigenvalue weighted by Gasteiger charge is 2.21. The van der Waals surface area contributed by atoms with Gasteiger partial charge in [-0.1, -0.05) is 17.7 Å². The highest BCUT2D eigenvalue weighted by molar-refractivity contribution is 5.93. The maximum Gasteiger partial charge on any atom is 0.342 e. The Kier molecular flexibility index (Phi) is 3.89. The van der Waals surface area contributed by atoms with Crippen molar-refractivity contribution in [3.63, 3.8) is 0 Å². The van der Waals surface area contributed by atoms with E-state index < -0.39 is 16.6 Å². The molecule has 0 spiro atoms. The normalized spacial score (nSPS) is 10.2. The number of rotatable bonds is 4. The first-order chi connectivity index (χ1) is 9.93. The molecule has 2 aromatic rings. The van der Waals surface area contributed by atoms with Crippen molar-refractivity contribution in [2.24, 2.45) is 0 Å². The Morgan fingerprint density at radius 3 is 2.52 bits per heavy atom. The molecular weight excluding hydrogens is 274 g/mol. The number of aryl methyl sites for hydroxylation is 1. The van der Waals surface area contributed by atoms with Crippen LogP contribution in [0.5, 0.6) is 5.75 Å². The van der Waals surface area contributed by atoms with Crippen LogP contribution >= 0.6 is 0 Å². The second-order valence-electron chi connectivity index (χ2n) is 4.50. The molecule has 0 aliphatic rings. The molecule has 0 saturated carbocycles. The molecule has 2 aromatic carbocycles. The SMILES string of the molecule is COc1ccc(C)cc1-c1ccc(C(=O)O)c([N+](=O)[O-])c1. The van der Waals surface area contributed by atoms with Gasteiger partial charge in [-0.25, -0.2) is 4.79 Å². The lowest BCUT2D eigenvalue weighted by Crippen LogP contribution is -2.02. The fourth-order valence-electron chi connectivity index (χ4n) is 2.08. The lowest BCUT2D eigenvalue weighted by atomic mass is 10.00. The van der Waals surface area contributed by atoms with Crippen molar-refractivity contribution in [2.45, 2.75) is 6.92 Å². The standard InChI is InChI=1S/C15H13NO5/c1-9-3-6-14(21-2)12(7-9)10-4-5-11(15(17)18)13(8-10)16(19)20/h3-8H,1-2H3,(H,17,18). The predicted molar refractivity (Wildman–Crippen MR) is 76.8 cm³/mol. The van der Waals surface area contributed by atoms with Gasteiger partial charge in [0.05, 0.1) is 12.0 Å². The first-order valence-electron chi connectivity index (χ1n) is 6.10. The summed E-state index contributed by atoms with van der Waals surface area (Å²) < 4.78 is 5.25. The average Bonchev–Trinajstić information content (AvgIpc) is 2.46. The number of benzene rings is 2. The third-order valence-corrected chi connectivity index (χ3v) is 3.09. The van der Waals surface area contributed by atoms with E-state index in [2.05, 4.69) is 0 Å². The molecule has 0 aliphatic carbocycles. The van der Waals surface area contributed by atoms with Crippen LogP contribution in [0, 0.1) is 17.0 Å². The minimum absolute atomic E-state index is 0.338. The van der Waals surface area contributed by atoms with Gasteiger partial charge in [0.2, 0.25) is 0 Å². The van der Waals surface area contributed by atoms with E-state index >= 15 is 0 Å². The van der Waals surface area contributed by atoms with Gasteiger partial charge in [0, 0.05) is 11.6 Å². The Morgan fingerprint density at radius 2 is 1.95 bits per heavy atom. The van der Waals surface area contributed by atoms with Gasteiger partial charge in [-0.05, 0) is 30.7 Å². The van der Waals surface area contributed by atoms with E-state index in [-0.39, 0.29) is 5.56 Å². The van der Waals surface area contributed by atoms with Crippen molar-refractivity contribution < 1.29 is 19.6 Å². The second kappa shape index (κ2) is 5.62. The molecule has 21 heavy (non-hydrogen) atoms. The van der Waals surface area contributed by atoms with Crippen LogP contribution in [0.4, 0.5) is 5.69 Å². The van der Waals surface area contributed by atoms with Crippen LogP contribution in [0.25, 0.3) is 11.1 Å². The average molecular weight is 287 g/mol. The third-order valence-electron chi connectivity index (χ3n) is 3.09. The molecule has 0 aliphatic heterocycles. The zero-order chi connectivity index (χ0) is 15.6. The summed E-state index contributed by atoms with van der Waals surface area (Å²) in [7, 11) is 1.51. The van der Waals surface area contributed by atoms with Crippen LogP contribution in [-0.4, -0.2) is 23.1 Å². The highest BCUT2D eigenvalue weighted by Crippen LogP contribution is 2.34. The molecule has 0 radical (unpaired) electrons. The van der Waals surface area contributed by atoms with E-state index in [1.807, 2.05) is 19.1 Å². The number of carboxylic acid groups (broad SMARTS) is 1. The van der Waals surface area contributed by atoms with Crippen molar-refractivity contribution in [3.05, 3.63) is 57.6 Å². The van der Waals surface area contributed by atoms with Gasteiger partial charge in [0.1, 0.15) is 11.3 Å². The minimum atomic E-state index is -1.33. The molecule has 0 unspecified atom stereocenters. The van der Waals surface area contributed by atoms with Gasteiger partial charge in [0.15, 0.2) is 0 Å². The zero-order valence-corrected chi connectivity index (χ0v) is 11.5. The number of aromatic carboxylic acids is 1. The monoisotopic (exact) mass is 287 g/mol. The topological polar surface area (TPSA) is 89.7 Å². The van der Waals surface area contributed by atoms with E-state index in [0.29, 0.717) is 16.9 Å². The first kappa shape index (κ1) is 14.5. The summed E-state index contributed by atoms with van der Waals surface area (Å²) >= 11 is 0. The van der Waals surface area contributed by atoms with Crippen molar-refractivity contribution in [2.75, 3.05) is 7.11 Å². The lowest BCUT2D eigenvalue weighted by molar-refractivity contribution is -0.385. The smallest absolute Gasteiger partial charge is 0.342 e. The maximum atomic E-state index is 11.0. The summed E-state index contributed by atoms with van der Waals surface area (Å²) in [6.07, 6.45) is 0. The number of hydrogen-bond acceptors (Lipinski definition) is 4. The molecule has 0 fully saturated rings. The number of carbonyl (C=O) groups is 1. The fraction of sp³-hybridized carbons (Fsp3) is 0.133. The van der Waals surface area contributed by atoms with Gasteiger partial charge >= 0.3 is 5.97 Å². The van der Waals surface area contributed by atoms with Gasteiger partial charge in [0.25, 0.3) is 5.69 Å². The van der Waals surface area contributed by atoms with Crippen molar-refractivity contribution in [1.29, 1.82) is 0 Å². The quantitative estimate of drug-likeness (QED) is 0.688. The van der Waals surface area contributed by atoms with E-state index in [9.17, 15) is 14.9 Å². The van der Waals surface area contributed by atoms with Crippen LogP contribution in [0.2, 0.25) is 0 Å². The molecular formula is C15H13NO5. The molecule has 0 bridgehead atoms. The fourth-order valence-corrected chi connectivity index (χ4v) is 2.08. The Morgan fingerprint density at radius 1 is 1.24 bits per heavy atom. The number of nitro groups is 1. The molecule has 0 amide bonds. The molecule has 6 heteroatoms. The van der Waals surface area contributed by atoms with Crippen LogP contribution in [0.1, 0.15) is 15.9 Å². The van der Waals surface area contributed by atoms with Crippen LogP contribution in [0.15, 0.2) is 36.4 Å². The Bertz CT molecular complexity index is 724. The number of nitro benzene ring substituents is 1. The molecule has 0 atom stereocenters. The lowest BCUT2D eigenvalue weighted by Gasteiger charge is -2.10. The van der Waals surface area contributed by atoms with Crippen LogP contribution in [0.3, 0.4) is 0 Å². The maximum absolute atomic E-state index is 11.0. The highest BCUT2D eigenvalue weighted by atomic mass is 16.6. The van der Waals surface area contributed by atoms with Gasteiger partial charge < -0.3 is 9.84 Å². The number of nitrogens with zero attached hydrogens (tertiary/aromatic N) is 1. The summed E-state index contributed by atoms with van der Waals surface area (Å²) in [5, 5.41) is 20.0. The zero-order valence-electron chi connectivity index (χ0n) is 11.5. The number of carboxylic acids is 1. The summed E-state index contributed by atoms with van der Waals surface area (Å²) in [5.41, 5.74) is 1.40. The molecule has 0 saturated heterocycles. The Balaban J connectivity index is 2.66. The number of ether oxygens (including phenoxy) is 1. The molecule has 0 aromatic heterocycles.